The number of amides is 8. The Balaban J connectivity index is 0.820. The molecule has 0 aliphatic carbocycles. The predicted octanol–water partition coefficient (Wildman–Crippen LogP) is 27.4. The molecule has 0 saturated carbocycles. The number of nitrogens with zero attached hydrogens (tertiary/aromatic N) is 6. The third kappa shape index (κ3) is 15.2. The highest BCUT2D eigenvalue weighted by Crippen LogP contribution is 2.55. The van der Waals surface area contributed by atoms with E-state index in [1.807, 2.05) is 97.1 Å². The van der Waals surface area contributed by atoms with E-state index in [0.29, 0.717) is 112 Å². The number of hydrogen-bond acceptors (Lipinski definition) is 12. The number of para-hydroxylation sites is 2. The van der Waals surface area contributed by atoms with Gasteiger partial charge in [0.05, 0.1) is 33.9 Å². The van der Waals surface area contributed by atoms with E-state index in [9.17, 15) is 0 Å². The highest BCUT2D eigenvalue weighted by Gasteiger charge is 2.44. The minimum atomic E-state index is -0.573. The van der Waals surface area contributed by atoms with E-state index in [4.69, 9.17) is 9.47 Å². The lowest BCUT2D eigenvalue weighted by Gasteiger charge is -2.34. The Kier molecular flexibility index (Phi) is 24.3. The van der Waals surface area contributed by atoms with Gasteiger partial charge in [0, 0.05) is 125 Å². The van der Waals surface area contributed by atoms with Gasteiger partial charge < -0.3 is 19.3 Å². The van der Waals surface area contributed by atoms with Crippen molar-refractivity contribution in [1.29, 1.82) is 0 Å². The van der Waals surface area contributed by atoms with Gasteiger partial charge in [0.25, 0.3) is 47.3 Å². The molecule has 0 saturated heterocycles. The highest BCUT2D eigenvalue weighted by atomic mass is 16.5. The number of carbonyl (C=O) groups is 8. The standard InChI is InChI=1S/C110H114N6O10/c1-13-17-21-25-57-111(58-26-22-18-14-2)89-55-53-83-93-77(89)37-31-39-81(93)103(117)113(105(83)119)71-41-45-73(46-42-71)125-91-63-87-95-85(107(121)115(109(87)123)101-69(61-65(5)6)33-29-35-75(101)67(9)10)52-50-80-98-92(64-88-96-86(51-49-79(100(96)98)97(91)99(80)95)108(122)116(110(88)124)102-70(62-66(7)8)34-30-36-76(102)68(11)12)126-74-47-43-72(44-48-74)114-104(118)82-40-32-38-78-90(56-54-84(94(78)82)106(114)120)112(59-27-23-19-15-3)60-28-24-20-16-4/h29-56,63-68H,13-28,57-62H2,1-12H3. The molecule has 0 atom stereocenters. The maximum atomic E-state index is 16.5. The van der Waals surface area contributed by atoms with Gasteiger partial charge in [0.2, 0.25) is 0 Å². The summed E-state index contributed by atoms with van der Waals surface area (Å²) in [5, 5.41) is 6.63. The van der Waals surface area contributed by atoms with Crippen molar-refractivity contribution in [1.82, 2.24) is 0 Å². The number of fused-ring (bicyclic) bond motifs is 2. The minimum absolute atomic E-state index is 0.0994. The van der Waals surface area contributed by atoms with Gasteiger partial charge >= 0.3 is 0 Å². The number of rotatable bonds is 36. The van der Waals surface area contributed by atoms with Crippen molar-refractivity contribution in [3.05, 3.63) is 249 Å². The molecular formula is C110H114N6O10. The SMILES string of the molecule is CCCCCCN(CCCCCC)c1ccc2c3c(cccc13)C(=O)N(c1ccc(Oc3cc4c5c(ccc6c7c(Oc8ccc(N9C(=O)c%10cccc%11c(N(CCCCCC)CCCCCC)ccc(c%10%11)C9=O)cc8)cc8c9c(ccc(c3c56)c97)C(=O)N(c3c(CC(C)C)cccc3C(C)C)C8=O)C(=O)N(c3c(CC(C)C)cccc3C(C)C)C4=O)cc1)C2=O. The van der Waals surface area contributed by atoms with Crippen LogP contribution in [0.3, 0.4) is 0 Å². The fourth-order valence-electron chi connectivity index (χ4n) is 20.3. The second-order valence-electron chi connectivity index (χ2n) is 36.5. The lowest BCUT2D eigenvalue weighted by molar-refractivity contribution is 0.0877. The average Bonchev–Trinajstić information content (AvgIpc) is 0.674. The summed E-state index contributed by atoms with van der Waals surface area (Å²) in [6, 6.07) is 55.4. The summed E-state index contributed by atoms with van der Waals surface area (Å²) in [6.45, 7) is 29.0. The topological polar surface area (TPSA) is 174 Å². The summed E-state index contributed by atoms with van der Waals surface area (Å²) in [7, 11) is 0. The Morgan fingerprint density at radius 2 is 0.587 bits per heavy atom. The van der Waals surface area contributed by atoms with E-state index in [0.717, 1.165) is 173 Å². The van der Waals surface area contributed by atoms with Crippen molar-refractivity contribution < 1.29 is 47.8 Å². The zero-order chi connectivity index (χ0) is 88.2. The van der Waals surface area contributed by atoms with E-state index in [2.05, 4.69) is 92.9 Å². The van der Waals surface area contributed by atoms with E-state index in [1.54, 1.807) is 84.9 Å². The lowest BCUT2D eigenvalue weighted by atomic mass is 9.81. The number of anilines is 6. The Morgan fingerprint density at radius 1 is 0.278 bits per heavy atom. The third-order valence-corrected chi connectivity index (χ3v) is 26.2. The van der Waals surface area contributed by atoms with Crippen LogP contribution < -0.4 is 38.9 Å². The number of carbonyl (C=O) groups excluding carboxylic acids is 8. The normalized spacial score (nSPS) is 14.0. The van der Waals surface area contributed by atoms with Crippen molar-refractivity contribution in [2.45, 2.75) is 210 Å². The molecule has 0 spiro atoms. The van der Waals surface area contributed by atoms with Crippen LogP contribution in [0, 0.1) is 11.8 Å². The van der Waals surface area contributed by atoms with Crippen LogP contribution in [0.1, 0.15) is 303 Å². The van der Waals surface area contributed by atoms with E-state index >= 15 is 38.4 Å². The molecule has 0 fully saturated rings. The molecule has 126 heavy (non-hydrogen) atoms. The van der Waals surface area contributed by atoms with Crippen molar-refractivity contribution in [2.24, 2.45) is 11.8 Å². The average molecular weight is 1680 g/mol. The van der Waals surface area contributed by atoms with Crippen LogP contribution in [0.25, 0.3) is 64.6 Å². The first-order valence-electron chi connectivity index (χ1n) is 46.3. The van der Waals surface area contributed by atoms with Gasteiger partial charge in [0.1, 0.15) is 23.0 Å². The molecule has 13 aromatic carbocycles. The van der Waals surface area contributed by atoms with E-state index in [1.165, 1.54) is 19.6 Å². The van der Waals surface area contributed by atoms with Crippen molar-refractivity contribution in [3.8, 4) is 23.0 Å². The van der Waals surface area contributed by atoms with E-state index in [-0.39, 0.29) is 68.9 Å². The number of benzene rings is 13. The molecule has 16 heteroatoms. The fraction of sp³-hybridized carbons (Fsp3) is 0.345. The zero-order valence-electron chi connectivity index (χ0n) is 75.0. The molecule has 8 amide bonds. The number of unbranched alkanes of at least 4 members (excludes halogenated alkanes) is 12. The second-order valence-corrected chi connectivity index (χ2v) is 36.5. The molecule has 13 aromatic rings. The predicted molar refractivity (Wildman–Crippen MR) is 512 cm³/mol. The largest absolute Gasteiger partial charge is 0.457 e. The van der Waals surface area contributed by atoms with Crippen molar-refractivity contribution in [2.75, 3.05) is 55.6 Å². The summed E-state index contributed by atoms with van der Waals surface area (Å²) in [5.41, 5.74) is 9.63. The van der Waals surface area contributed by atoms with Crippen LogP contribution in [0.5, 0.6) is 23.0 Å². The molecule has 0 unspecified atom stereocenters. The quantitative estimate of drug-likeness (QED) is 0.0158. The first-order chi connectivity index (χ1) is 61.1. The Morgan fingerprint density at radius 3 is 0.921 bits per heavy atom. The van der Waals surface area contributed by atoms with Crippen LogP contribution in [-0.4, -0.2) is 73.4 Å². The van der Waals surface area contributed by atoms with Crippen LogP contribution in [0.2, 0.25) is 0 Å². The molecule has 4 aliphatic heterocycles. The van der Waals surface area contributed by atoms with Crippen molar-refractivity contribution in [3.63, 3.8) is 0 Å². The Labute approximate surface area is 739 Å². The zero-order valence-corrected chi connectivity index (χ0v) is 75.0. The number of ether oxygens (including phenoxy) is 2. The molecular weight excluding hydrogens is 1570 g/mol. The maximum Gasteiger partial charge on any atom is 0.266 e. The smallest absolute Gasteiger partial charge is 0.266 e. The third-order valence-electron chi connectivity index (χ3n) is 26.2. The highest BCUT2D eigenvalue weighted by molar-refractivity contribution is 6.47. The summed E-state index contributed by atoms with van der Waals surface area (Å²) in [4.78, 5) is 136. The van der Waals surface area contributed by atoms with Gasteiger partial charge in [-0.2, -0.15) is 0 Å². The van der Waals surface area contributed by atoms with Crippen LogP contribution in [-0.2, 0) is 12.8 Å². The van der Waals surface area contributed by atoms with Gasteiger partial charge in [0.15, 0.2) is 0 Å². The molecule has 644 valence electrons. The van der Waals surface area contributed by atoms with Crippen LogP contribution in [0.4, 0.5) is 34.1 Å². The first kappa shape index (κ1) is 85.6. The van der Waals surface area contributed by atoms with Crippen LogP contribution >= 0.6 is 0 Å². The molecule has 4 heterocycles. The molecule has 4 aliphatic rings. The summed E-state index contributed by atoms with van der Waals surface area (Å²) in [5.74, 6) is -2.95. The monoisotopic (exact) mass is 1680 g/mol. The Hall–Kier alpha value is -12.6. The summed E-state index contributed by atoms with van der Waals surface area (Å²) in [6.07, 6.45) is 18.9. The van der Waals surface area contributed by atoms with Crippen molar-refractivity contribution >= 4 is 146 Å². The molecule has 0 N–H and O–H groups in total. The Bertz CT molecular complexity index is 6080. The molecule has 0 bridgehead atoms. The first-order valence-corrected chi connectivity index (χ1v) is 46.3. The summed E-state index contributed by atoms with van der Waals surface area (Å²) >= 11 is 0. The molecule has 0 radical (unpaired) electrons. The lowest BCUT2D eigenvalue weighted by Crippen LogP contribution is -2.42. The molecule has 0 aromatic heterocycles. The van der Waals surface area contributed by atoms with Gasteiger partial charge in [-0.25, -0.2) is 19.6 Å². The van der Waals surface area contributed by atoms with Gasteiger partial charge in [-0.1, -0.05) is 233 Å². The molecule has 17 rings (SSSR count). The summed E-state index contributed by atoms with van der Waals surface area (Å²) < 4.78 is 14.7. The van der Waals surface area contributed by atoms with E-state index < -0.39 is 47.3 Å². The van der Waals surface area contributed by atoms with Gasteiger partial charge in [-0.15, -0.1) is 0 Å². The van der Waals surface area contributed by atoms with Gasteiger partial charge in [-0.05, 0) is 204 Å². The molecule has 16 nitrogen and oxygen atoms in total. The number of imide groups is 4. The minimum Gasteiger partial charge on any atom is -0.457 e. The number of hydrogen-bond donors (Lipinski definition) is 0. The maximum absolute atomic E-state index is 16.5. The van der Waals surface area contributed by atoms with Gasteiger partial charge in [-0.3, -0.25) is 38.4 Å². The second kappa shape index (κ2) is 35.8. The fourth-order valence-corrected chi connectivity index (χ4v) is 20.3. The van der Waals surface area contributed by atoms with Crippen LogP contribution in [0.15, 0.2) is 182 Å².